The van der Waals surface area contributed by atoms with Crippen LogP contribution in [0.4, 0.5) is 0 Å². The summed E-state index contributed by atoms with van der Waals surface area (Å²) in [7, 11) is 0. The molecule has 0 bridgehead atoms. The molecule has 0 radical (unpaired) electrons. The van der Waals surface area contributed by atoms with Crippen LogP contribution in [0, 0.1) is 0 Å². The Bertz CT molecular complexity index is 616. The summed E-state index contributed by atoms with van der Waals surface area (Å²) in [5.74, 6) is -1.92. The molecular formula is C16H17NO4. The van der Waals surface area contributed by atoms with Gasteiger partial charge in [-0.05, 0) is 25.5 Å². The maximum atomic E-state index is 12.2. The predicted octanol–water partition coefficient (Wildman–Crippen LogP) is 2.18. The molecule has 0 fully saturated rings. The number of carboxylic acid groups (broad SMARTS) is 1. The maximum absolute atomic E-state index is 12.2. The van der Waals surface area contributed by atoms with Crippen molar-refractivity contribution in [3.63, 3.8) is 0 Å². The lowest BCUT2D eigenvalue weighted by atomic mass is 9.87. The van der Waals surface area contributed by atoms with E-state index in [1.165, 1.54) is 6.08 Å². The van der Waals surface area contributed by atoms with E-state index in [1.807, 2.05) is 30.3 Å². The van der Waals surface area contributed by atoms with Gasteiger partial charge in [0, 0.05) is 11.6 Å². The van der Waals surface area contributed by atoms with E-state index in [0.29, 0.717) is 11.3 Å². The van der Waals surface area contributed by atoms with E-state index >= 15 is 0 Å². The van der Waals surface area contributed by atoms with E-state index in [0.717, 1.165) is 5.56 Å². The van der Waals surface area contributed by atoms with Gasteiger partial charge >= 0.3 is 11.9 Å². The zero-order valence-electron chi connectivity index (χ0n) is 11.9. The molecule has 1 aromatic rings. The van der Waals surface area contributed by atoms with Crippen LogP contribution in [-0.2, 0) is 14.3 Å². The number of ether oxygens (including phenoxy) is 1. The largest absolute Gasteiger partial charge is 0.477 e. The molecule has 1 heterocycles. The highest BCUT2D eigenvalue weighted by molar-refractivity contribution is 5.95. The van der Waals surface area contributed by atoms with Gasteiger partial charge in [0.1, 0.15) is 5.70 Å². The Hall–Kier alpha value is -2.56. The van der Waals surface area contributed by atoms with Gasteiger partial charge < -0.3 is 15.2 Å². The number of dihydropyridines is 1. The number of hydrogen-bond donors (Lipinski definition) is 2. The molecule has 2 N–H and O–H groups in total. The van der Waals surface area contributed by atoms with Crippen LogP contribution in [0.25, 0.3) is 0 Å². The first-order valence-corrected chi connectivity index (χ1v) is 6.69. The minimum atomic E-state index is -1.06. The monoisotopic (exact) mass is 287 g/mol. The second-order valence-electron chi connectivity index (χ2n) is 4.66. The lowest BCUT2D eigenvalue weighted by Crippen LogP contribution is -2.29. The number of allylic oxidation sites excluding steroid dienone is 2. The molecule has 1 aliphatic heterocycles. The SMILES string of the molecule is CCOC(=O)C1=C(C)NC(C(=O)O)=CC1c1ccccc1. The molecule has 21 heavy (non-hydrogen) atoms. The fourth-order valence-electron chi connectivity index (χ4n) is 2.33. The van der Waals surface area contributed by atoms with Gasteiger partial charge in [0.15, 0.2) is 0 Å². The molecule has 0 amide bonds. The molecule has 0 saturated heterocycles. The van der Waals surface area contributed by atoms with Crippen LogP contribution in [0.2, 0.25) is 0 Å². The van der Waals surface area contributed by atoms with Crippen LogP contribution in [0.3, 0.4) is 0 Å². The van der Waals surface area contributed by atoms with Crippen molar-refractivity contribution in [3.05, 3.63) is 58.9 Å². The quantitative estimate of drug-likeness (QED) is 0.830. The molecule has 0 spiro atoms. The zero-order valence-corrected chi connectivity index (χ0v) is 11.9. The summed E-state index contributed by atoms with van der Waals surface area (Å²) in [4.78, 5) is 23.4. The Labute approximate surface area is 122 Å². The number of hydrogen-bond acceptors (Lipinski definition) is 4. The zero-order chi connectivity index (χ0) is 15.4. The summed E-state index contributed by atoms with van der Waals surface area (Å²) < 4.78 is 5.09. The molecule has 1 aliphatic rings. The van der Waals surface area contributed by atoms with Gasteiger partial charge in [-0.25, -0.2) is 9.59 Å². The first-order valence-electron chi connectivity index (χ1n) is 6.69. The average Bonchev–Trinajstić information content (AvgIpc) is 2.47. The van der Waals surface area contributed by atoms with Crippen molar-refractivity contribution in [2.45, 2.75) is 19.8 Å². The lowest BCUT2D eigenvalue weighted by Gasteiger charge is -2.25. The van der Waals surface area contributed by atoms with Gasteiger partial charge in [0.05, 0.1) is 12.2 Å². The van der Waals surface area contributed by atoms with Crippen molar-refractivity contribution in [1.29, 1.82) is 0 Å². The minimum Gasteiger partial charge on any atom is -0.477 e. The number of rotatable bonds is 4. The molecule has 1 aromatic carbocycles. The van der Waals surface area contributed by atoms with E-state index in [2.05, 4.69) is 5.32 Å². The number of esters is 1. The Morgan fingerprint density at radius 1 is 1.29 bits per heavy atom. The van der Waals surface area contributed by atoms with E-state index < -0.39 is 17.9 Å². The first-order chi connectivity index (χ1) is 10.0. The Morgan fingerprint density at radius 3 is 2.52 bits per heavy atom. The number of nitrogens with one attached hydrogen (secondary N) is 1. The van der Waals surface area contributed by atoms with Crippen molar-refractivity contribution >= 4 is 11.9 Å². The van der Waals surface area contributed by atoms with Gasteiger partial charge in [-0.15, -0.1) is 0 Å². The number of carboxylic acids is 1. The Morgan fingerprint density at radius 2 is 1.95 bits per heavy atom. The molecule has 5 nitrogen and oxygen atoms in total. The highest BCUT2D eigenvalue weighted by Crippen LogP contribution is 2.32. The normalized spacial score (nSPS) is 17.8. The van der Waals surface area contributed by atoms with E-state index in [-0.39, 0.29) is 12.3 Å². The van der Waals surface area contributed by atoms with Gasteiger partial charge in [-0.3, -0.25) is 0 Å². The molecule has 2 rings (SSSR count). The molecule has 0 aliphatic carbocycles. The summed E-state index contributed by atoms with van der Waals surface area (Å²) in [6, 6.07) is 9.29. The Balaban J connectivity index is 2.48. The van der Waals surface area contributed by atoms with E-state index in [9.17, 15) is 14.7 Å². The molecule has 110 valence electrons. The second-order valence-corrected chi connectivity index (χ2v) is 4.66. The van der Waals surface area contributed by atoms with Crippen molar-refractivity contribution in [3.8, 4) is 0 Å². The molecule has 0 saturated carbocycles. The second kappa shape index (κ2) is 6.26. The fraction of sp³-hybridized carbons (Fsp3) is 0.250. The molecule has 1 unspecified atom stereocenters. The third kappa shape index (κ3) is 3.13. The lowest BCUT2D eigenvalue weighted by molar-refractivity contribution is -0.139. The van der Waals surface area contributed by atoms with Crippen LogP contribution in [0.5, 0.6) is 0 Å². The van der Waals surface area contributed by atoms with Crippen LogP contribution >= 0.6 is 0 Å². The maximum Gasteiger partial charge on any atom is 0.351 e. The average molecular weight is 287 g/mol. The van der Waals surface area contributed by atoms with Crippen molar-refractivity contribution in [2.75, 3.05) is 6.61 Å². The van der Waals surface area contributed by atoms with Crippen LogP contribution in [0.1, 0.15) is 25.3 Å². The van der Waals surface area contributed by atoms with Crippen LogP contribution in [-0.4, -0.2) is 23.7 Å². The summed E-state index contributed by atoms with van der Waals surface area (Å²) in [6.45, 7) is 3.69. The highest BCUT2D eigenvalue weighted by Gasteiger charge is 2.30. The van der Waals surface area contributed by atoms with Crippen LogP contribution in [0.15, 0.2) is 53.4 Å². The molecule has 5 heteroatoms. The van der Waals surface area contributed by atoms with Crippen LogP contribution < -0.4 is 5.32 Å². The van der Waals surface area contributed by atoms with Crippen molar-refractivity contribution in [2.24, 2.45) is 0 Å². The fourth-order valence-corrected chi connectivity index (χ4v) is 2.33. The standard InChI is InChI=1S/C16H17NO4/c1-3-21-16(20)14-10(2)17-13(15(18)19)9-12(14)11-7-5-4-6-8-11/h4-9,12,17H,3H2,1-2H3,(H,18,19). The smallest absolute Gasteiger partial charge is 0.351 e. The summed E-state index contributed by atoms with van der Waals surface area (Å²) in [6.07, 6.45) is 1.54. The summed E-state index contributed by atoms with van der Waals surface area (Å²) in [5, 5.41) is 11.9. The third-order valence-electron chi connectivity index (χ3n) is 3.25. The number of carbonyl (C=O) groups is 2. The number of aliphatic carboxylic acids is 1. The minimum absolute atomic E-state index is 0.0643. The van der Waals surface area contributed by atoms with Crippen molar-refractivity contribution in [1.82, 2.24) is 5.32 Å². The van der Waals surface area contributed by atoms with E-state index in [1.54, 1.807) is 13.8 Å². The predicted molar refractivity (Wildman–Crippen MR) is 77.4 cm³/mol. The molecule has 0 aromatic heterocycles. The van der Waals surface area contributed by atoms with Crippen molar-refractivity contribution < 1.29 is 19.4 Å². The summed E-state index contributed by atoms with van der Waals surface area (Å²) >= 11 is 0. The summed E-state index contributed by atoms with van der Waals surface area (Å²) in [5.41, 5.74) is 1.85. The van der Waals surface area contributed by atoms with Gasteiger partial charge in [0.25, 0.3) is 0 Å². The number of carbonyl (C=O) groups excluding carboxylic acids is 1. The topological polar surface area (TPSA) is 75.6 Å². The van der Waals surface area contributed by atoms with E-state index in [4.69, 9.17) is 4.74 Å². The Kier molecular flexibility index (Phi) is 4.42. The van der Waals surface area contributed by atoms with Gasteiger partial charge in [-0.2, -0.15) is 0 Å². The van der Waals surface area contributed by atoms with Gasteiger partial charge in [0.2, 0.25) is 0 Å². The highest BCUT2D eigenvalue weighted by atomic mass is 16.5. The molecular weight excluding hydrogens is 270 g/mol. The number of benzene rings is 1. The van der Waals surface area contributed by atoms with Gasteiger partial charge in [-0.1, -0.05) is 30.3 Å². The first kappa shape index (κ1) is 14.8. The third-order valence-corrected chi connectivity index (χ3v) is 3.25. The molecule has 1 atom stereocenters.